The van der Waals surface area contributed by atoms with Crippen LogP contribution in [-0.4, -0.2) is 148 Å². The highest BCUT2D eigenvalue weighted by Crippen LogP contribution is 2.39. The minimum atomic E-state index is -1.36. The number of aldehydes is 1. The van der Waals surface area contributed by atoms with E-state index in [1.165, 1.54) is 20.3 Å². The number of aliphatic hydroxyl groups is 1. The molecule has 59 heavy (non-hydrogen) atoms. The average molecular weight is 842 g/mol. The van der Waals surface area contributed by atoms with Gasteiger partial charge in [0.05, 0.1) is 37.9 Å². The minimum Gasteiger partial charge on any atom is -0.462 e. The van der Waals surface area contributed by atoms with Crippen LogP contribution in [0.2, 0.25) is 0 Å². The third kappa shape index (κ3) is 14.5. The summed E-state index contributed by atoms with van der Waals surface area (Å²) in [6.07, 6.45) is -0.512. The Morgan fingerprint density at radius 3 is 2.37 bits per heavy atom. The predicted octanol–water partition coefficient (Wildman–Crippen LogP) is 4.42. The lowest BCUT2D eigenvalue weighted by Gasteiger charge is -2.50. The molecule has 3 heterocycles. The number of nitrogens with zero attached hydrogens (tertiary/aromatic N) is 1. The summed E-state index contributed by atoms with van der Waals surface area (Å²) in [7, 11) is 6.40. The number of methoxy groups -OCH3 is 1. The number of carbonyl (C=O) groups excluding carboxylic acids is 4. The maximum absolute atomic E-state index is 13.3. The molecule has 3 aliphatic rings. The first-order valence-electron chi connectivity index (χ1n) is 21.1. The fraction of sp³-hybridized carbons (Fsp3) is 0.814. The molecule has 0 aromatic carbocycles. The Bertz CT molecular complexity index is 1380. The fourth-order valence-electron chi connectivity index (χ4n) is 8.19. The first-order chi connectivity index (χ1) is 28.0. The Kier molecular flexibility index (Phi) is 21.2. The van der Waals surface area contributed by atoms with Gasteiger partial charge in [-0.15, -0.1) is 0 Å². The van der Waals surface area contributed by atoms with Gasteiger partial charge in [-0.05, 0) is 66.6 Å². The van der Waals surface area contributed by atoms with Crippen LogP contribution in [0.4, 0.5) is 0 Å². The largest absolute Gasteiger partial charge is 0.462 e. The van der Waals surface area contributed by atoms with Crippen molar-refractivity contribution in [3.8, 4) is 0 Å². The molecule has 0 saturated carbocycles. The lowest BCUT2D eigenvalue weighted by molar-refractivity contribution is -0.407. The van der Waals surface area contributed by atoms with Crippen LogP contribution in [0.15, 0.2) is 24.3 Å². The lowest BCUT2D eigenvalue weighted by atomic mass is 9.83. The molecule has 3 aliphatic heterocycles. The topological polar surface area (TPSA) is 184 Å². The van der Waals surface area contributed by atoms with Crippen molar-refractivity contribution in [3.05, 3.63) is 24.3 Å². The van der Waals surface area contributed by atoms with Gasteiger partial charge in [-0.1, -0.05) is 45.4 Å². The number of hydrogen-bond acceptors (Lipinski definition) is 16. The quantitative estimate of drug-likeness (QED) is 0.0757. The molecule has 15 atom stereocenters. The monoisotopic (exact) mass is 841 g/mol. The van der Waals surface area contributed by atoms with Crippen LogP contribution in [0, 0.1) is 11.8 Å². The van der Waals surface area contributed by atoms with Gasteiger partial charge in [0.25, 0.3) is 0 Å². The maximum Gasteiger partial charge on any atom is 0.309 e. The maximum atomic E-state index is 13.3. The van der Waals surface area contributed by atoms with Gasteiger partial charge in [-0.25, -0.2) is 9.78 Å². The van der Waals surface area contributed by atoms with Crippen molar-refractivity contribution < 1.29 is 72.0 Å². The zero-order valence-corrected chi connectivity index (χ0v) is 36.9. The Morgan fingerprint density at radius 1 is 1.02 bits per heavy atom. The van der Waals surface area contributed by atoms with Crippen molar-refractivity contribution in [2.75, 3.05) is 34.9 Å². The highest BCUT2D eigenvalue weighted by Gasteiger charge is 2.53. The molecule has 0 amide bonds. The molecule has 0 aromatic heterocycles. The molecule has 338 valence electrons. The van der Waals surface area contributed by atoms with E-state index in [1.54, 1.807) is 64.9 Å². The zero-order chi connectivity index (χ0) is 43.9. The zero-order valence-electron chi connectivity index (χ0n) is 36.9. The van der Waals surface area contributed by atoms with Gasteiger partial charge in [0.2, 0.25) is 0 Å². The number of ketones is 1. The molecule has 0 radical (unpaired) electrons. The molecule has 0 bridgehead atoms. The Labute approximate surface area is 350 Å². The van der Waals surface area contributed by atoms with Gasteiger partial charge in [-0.2, -0.15) is 0 Å². The Hall–Kier alpha value is -2.64. The molecule has 16 heteroatoms. The molecule has 0 aromatic rings. The first kappa shape index (κ1) is 50.7. The van der Waals surface area contributed by atoms with Crippen molar-refractivity contribution in [3.63, 3.8) is 0 Å². The molecule has 2 unspecified atom stereocenters. The van der Waals surface area contributed by atoms with Gasteiger partial charge < -0.3 is 52.7 Å². The van der Waals surface area contributed by atoms with Crippen LogP contribution in [0.5, 0.6) is 0 Å². The third-order valence-corrected chi connectivity index (χ3v) is 11.2. The predicted molar refractivity (Wildman–Crippen MR) is 215 cm³/mol. The van der Waals surface area contributed by atoms with E-state index in [-0.39, 0.29) is 31.5 Å². The molecular weight excluding hydrogens is 770 g/mol. The number of ether oxygens (including phenoxy) is 8. The van der Waals surface area contributed by atoms with E-state index in [9.17, 15) is 24.3 Å². The SMILES string of the molecule is CCCCO[C@H]1[C@H](C)O[C@@H](O[C@H]2[C@H](N(C)C)[C@@H](O)[C@H](O[C@H]3C(CC=O)C[C@@H](C)C(=O)/C=C/C=C/C[C@@H](C)OC(=O)CC(OC(=O)CC)[C@@H]3OC)O[C@@H]2C)C[C@@]1(C)OOC. The molecule has 16 nitrogen and oxygen atoms in total. The summed E-state index contributed by atoms with van der Waals surface area (Å²) in [6, 6.07) is -0.726. The molecule has 2 fully saturated rings. The van der Waals surface area contributed by atoms with Crippen molar-refractivity contribution >= 4 is 24.0 Å². The van der Waals surface area contributed by atoms with Gasteiger partial charge in [0.1, 0.15) is 48.5 Å². The van der Waals surface area contributed by atoms with Gasteiger partial charge in [-0.3, -0.25) is 14.4 Å². The van der Waals surface area contributed by atoms with Crippen LogP contribution in [0.1, 0.15) is 99.8 Å². The van der Waals surface area contributed by atoms with Crippen LogP contribution >= 0.6 is 0 Å². The van der Waals surface area contributed by atoms with E-state index in [4.69, 9.17) is 47.7 Å². The van der Waals surface area contributed by atoms with Gasteiger partial charge in [0, 0.05) is 45.3 Å². The number of aliphatic hydroxyl groups excluding tert-OH is 1. The van der Waals surface area contributed by atoms with E-state index >= 15 is 0 Å². The summed E-state index contributed by atoms with van der Waals surface area (Å²) < 4.78 is 49.9. The Balaban J connectivity index is 2.02. The number of unbranched alkanes of at least 4 members (excludes halogenated alkanes) is 1. The number of esters is 2. The van der Waals surface area contributed by atoms with Crippen LogP contribution in [0.3, 0.4) is 0 Å². The lowest BCUT2D eigenvalue weighted by Crippen LogP contribution is -2.66. The number of cyclic esters (lactones) is 1. The van der Waals surface area contributed by atoms with Gasteiger partial charge in [0.15, 0.2) is 18.4 Å². The van der Waals surface area contributed by atoms with Crippen LogP contribution in [-0.2, 0) is 66.8 Å². The number of hydrogen-bond donors (Lipinski definition) is 1. The smallest absolute Gasteiger partial charge is 0.309 e. The van der Waals surface area contributed by atoms with E-state index < -0.39 is 109 Å². The minimum absolute atomic E-state index is 0.00494. The van der Waals surface area contributed by atoms with Crippen molar-refractivity contribution in [1.82, 2.24) is 4.90 Å². The van der Waals surface area contributed by atoms with Crippen LogP contribution in [0.25, 0.3) is 0 Å². The summed E-state index contributed by atoms with van der Waals surface area (Å²) in [5.74, 6) is -2.73. The van der Waals surface area contributed by atoms with E-state index in [2.05, 4.69) is 6.92 Å². The van der Waals surface area contributed by atoms with Gasteiger partial charge >= 0.3 is 11.9 Å². The second-order valence-corrected chi connectivity index (χ2v) is 16.3. The number of rotatable bonds is 16. The molecule has 1 N–H and O–H groups in total. The third-order valence-electron chi connectivity index (χ3n) is 11.2. The summed E-state index contributed by atoms with van der Waals surface area (Å²) in [4.78, 5) is 64.6. The summed E-state index contributed by atoms with van der Waals surface area (Å²) in [6.45, 7) is 13.3. The van der Waals surface area contributed by atoms with Crippen molar-refractivity contribution in [2.24, 2.45) is 11.8 Å². The van der Waals surface area contributed by atoms with E-state index in [0.717, 1.165) is 12.8 Å². The summed E-state index contributed by atoms with van der Waals surface area (Å²) in [5.41, 5.74) is -0.929. The Morgan fingerprint density at radius 2 is 1.75 bits per heavy atom. The standard InChI is InChI=1S/C43H71NO15/c1-12-14-22-52-41-29(6)54-35(25-43(41,7)59-51-11)57-38-28(5)55-42(37(49)36(38)44(8)9)58-39-30(20-21-45)23-26(3)31(46)19-17-15-16-18-27(4)53-34(48)24-32(40(39)50-10)56-33(47)13-2/h15-17,19,21,26-30,32,35-42,49H,12-14,18,20,22-25H2,1-11H3/b16-15+,19-17+/t26-,27-,28-,29+,30?,32?,35+,36-,37-,38-,39+,40+,41+,42+,43-/m1/s1. The molecule has 0 aliphatic carbocycles. The molecule has 3 rings (SSSR count). The normalized spacial score (nSPS) is 39.0. The first-order valence-corrected chi connectivity index (χ1v) is 21.1. The summed E-state index contributed by atoms with van der Waals surface area (Å²) in [5, 5.41) is 12.2. The number of likely N-dealkylation sites (N-methyl/N-ethyl adjacent to an activating group) is 1. The van der Waals surface area contributed by atoms with Crippen molar-refractivity contribution in [1.29, 1.82) is 0 Å². The molecule has 0 spiro atoms. The highest BCUT2D eigenvalue weighted by atomic mass is 17.2. The van der Waals surface area contributed by atoms with E-state index in [1.807, 2.05) is 13.8 Å². The van der Waals surface area contributed by atoms with Crippen LogP contribution < -0.4 is 0 Å². The molecule has 2 saturated heterocycles. The number of carbonyl (C=O) groups is 4. The second kappa shape index (κ2) is 24.7. The number of allylic oxidation sites excluding steroid dienone is 3. The summed E-state index contributed by atoms with van der Waals surface area (Å²) >= 11 is 0. The highest BCUT2D eigenvalue weighted by molar-refractivity contribution is 5.91. The second-order valence-electron chi connectivity index (χ2n) is 16.3. The van der Waals surface area contributed by atoms with E-state index in [0.29, 0.717) is 19.3 Å². The molecular formula is C43H71NO15. The average Bonchev–Trinajstić information content (AvgIpc) is 3.16. The van der Waals surface area contributed by atoms with Crippen molar-refractivity contribution in [2.45, 2.75) is 179 Å². The fourth-order valence-corrected chi connectivity index (χ4v) is 8.19.